The van der Waals surface area contributed by atoms with Crippen molar-refractivity contribution in [2.45, 2.75) is 32.4 Å². The summed E-state index contributed by atoms with van der Waals surface area (Å²) in [5.74, 6) is 0.474. The van der Waals surface area contributed by atoms with Gasteiger partial charge in [-0.3, -0.25) is 0 Å². The fraction of sp³-hybridized carbons (Fsp3) is 0.500. The fourth-order valence-corrected chi connectivity index (χ4v) is 2.83. The summed E-state index contributed by atoms with van der Waals surface area (Å²) in [6.45, 7) is 6.78. The second-order valence-electron chi connectivity index (χ2n) is 7.08. The number of ether oxygens (including phenoxy) is 1. The molecular formula is C16H18Cl3N5O2. The lowest BCUT2D eigenvalue weighted by atomic mass is 10.1. The third kappa shape index (κ3) is 3.75. The van der Waals surface area contributed by atoms with E-state index in [1.807, 2.05) is 25.7 Å². The van der Waals surface area contributed by atoms with Crippen molar-refractivity contribution in [3.8, 4) is 0 Å². The number of rotatable bonds is 2. The van der Waals surface area contributed by atoms with E-state index in [4.69, 9.17) is 39.5 Å². The predicted octanol–water partition coefficient (Wildman–Crippen LogP) is 4.04. The summed E-state index contributed by atoms with van der Waals surface area (Å²) < 4.78 is 5.49. The van der Waals surface area contributed by atoms with Crippen LogP contribution in [0.5, 0.6) is 0 Å². The van der Waals surface area contributed by atoms with Gasteiger partial charge in [0.15, 0.2) is 16.6 Å². The summed E-state index contributed by atoms with van der Waals surface area (Å²) in [5.41, 5.74) is 0.509. The van der Waals surface area contributed by atoms with E-state index in [9.17, 15) is 4.79 Å². The molecule has 0 aromatic carbocycles. The number of anilines is 1. The summed E-state index contributed by atoms with van der Waals surface area (Å²) >= 11 is 18.1. The first-order valence-electron chi connectivity index (χ1n) is 7.95. The van der Waals surface area contributed by atoms with Gasteiger partial charge in [-0.25, -0.2) is 19.7 Å². The molecule has 0 N–H and O–H groups in total. The Morgan fingerprint density at radius 3 is 2.46 bits per heavy atom. The Morgan fingerprint density at radius 2 is 1.85 bits per heavy atom. The fourth-order valence-electron chi connectivity index (χ4n) is 2.30. The van der Waals surface area contributed by atoms with Crippen LogP contribution in [0.1, 0.15) is 20.8 Å². The van der Waals surface area contributed by atoms with E-state index >= 15 is 0 Å². The molecule has 1 amide bonds. The van der Waals surface area contributed by atoms with E-state index in [1.165, 1.54) is 0 Å². The zero-order chi connectivity index (χ0) is 19.2. The van der Waals surface area contributed by atoms with E-state index in [0.717, 1.165) is 0 Å². The molecule has 0 bridgehead atoms. The van der Waals surface area contributed by atoms with Gasteiger partial charge in [-0.05, 0) is 26.8 Å². The van der Waals surface area contributed by atoms with E-state index in [2.05, 4.69) is 15.0 Å². The molecule has 0 spiro atoms. The zero-order valence-electron chi connectivity index (χ0n) is 14.8. The number of aromatic nitrogens is 3. The molecule has 2 aromatic heterocycles. The van der Waals surface area contributed by atoms with Crippen LogP contribution in [-0.4, -0.2) is 57.7 Å². The van der Waals surface area contributed by atoms with E-state index in [0.29, 0.717) is 30.1 Å². The van der Waals surface area contributed by atoms with Crippen molar-refractivity contribution in [3.05, 3.63) is 21.4 Å². The molecule has 26 heavy (non-hydrogen) atoms. The second kappa shape index (κ2) is 6.87. The number of carbonyl (C=O) groups excluding carboxylic acids is 1. The molecule has 0 aliphatic carbocycles. The number of carbonyl (C=O) groups is 1. The summed E-state index contributed by atoms with van der Waals surface area (Å²) in [6, 6.07) is 1.57. The van der Waals surface area contributed by atoms with Gasteiger partial charge in [0.05, 0.1) is 18.1 Å². The SMILES string of the molecule is CN(C(=O)OC1CN(c2nc3nc(Cl)c(Cl)cc3nc2Cl)C1)C(C)(C)C. The van der Waals surface area contributed by atoms with E-state index in [1.54, 1.807) is 18.0 Å². The third-order valence-electron chi connectivity index (χ3n) is 4.20. The highest BCUT2D eigenvalue weighted by Gasteiger charge is 2.35. The summed E-state index contributed by atoms with van der Waals surface area (Å²) in [6.07, 6.45) is -0.594. The first-order valence-corrected chi connectivity index (χ1v) is 9.08. The van der Waals surface area contributed by atoms with Crippen molar-refractivity contribution >= 4 is 57.9 Å². The van der Waals surface area contributed by atoms with Gasteiger partial charge < -0.3 is 14.5 Å². The molecule has 10 heteroatoms. The van der Waals surface area contributed by atoms with Gasteiger partial charge in [-0.1, -0.05) is 34.8 Å². The minimum Gasteiger partial charge on any atom is -0.442 e. The van der Waals surface area contributed by atoms with Crippen molar-refractivity contribution in [2.24, 2.45) is 0 Å². The van der Waals surface area contributed by atoms with E-state index < -0.39 is 0 Å². The highest BCUT2D eigenvalue weighted by Crippen LogP contribution is 2.31. The Morgan fingerprint density at radius 1 is 1.19 bits per heavy atom. The van der Waals surface area contributed by atoms with Crippen molar-refractivity contribution in [1.29, 1.82) is 0 Å². The van der Waals surface area contributed by atoms with Crippen molar-refractivity contribution in [3.63, 3.8) is 0 Å². The maximum Gasteiger partial charge on any atom is 0.410 e. The van der Waals surface area contributed by atoms with Crippen LogP contribution in [0.25, 0.3) is 11.2 Å². The molecule has 3 heterocycles. The summed E-state index contributed by atoms with van der Waals surface area (Å²) in [4.78, 5) is 28.4. The lowest BCUT2D eigenvalue weighted by molar-refractivity contribution is 0.0365. The largest absolute Gasteiger partial charge is 0.442 e. The standard InChI is InChI=1S/C16H18Cl3N5O2/c1-16(2,3)23(4)15(25)26-8-6-24(7-8)14-12(19)20-10-5-9(17)11(18)21-13(10)22-14/h5,8H,6-7H2,1-4H3. The van der Waals surface area contributed by atoms with Crippen LogP contribution in [0.2, 0.25) is 15.3 Å². The molecule has 140 valence electrons. The lowest BCUT2D eigenvalue weighted by Crippen LogP contribution is -2.55. The maximum atomic E-state index is 12.1. The summed E-state index contributed by atoms with van der Waals surface area (Å²) in [5, 5.41) is 0.674. The average Bonchev–Trinajstić information content (AvgIpc) is 2.50. The quantitative estimate of drug-likeness (QED) is 0.685. The Bertz CT molecular complexity index is 865. The molecule has 1 fully saturated rings. The van der Waals surface area contributed by atoms with Crippen molar-refractivity contribution in [2.75, 3.05) is 25.0 Å². The average molecular weight is 419 g/mol. The van der Waals surface area contributed by atoms with Gasteiger partial charge >= 0.3 is 6.09 Å². The monoisotopic (exact) mass is 417 g/mol. The van der Waals surface area contributed by atoms with Crippen molar-refractivity contribution < 1.29 is 9.53 Å². The number of hydrogen-bond acceptors (Lipinski definition) is 6. The van der Waals surface area contributed by atoms with Crippen LogP contribution in [0.15, 0.2) is 6.07 Å². The van der Waals surface area contributed by atoms with Gasteiger partial charge in [0.1, 0.15) is 16.8 Å². The normalized spacial score (nSPS) is 15.1. The maximum absolute atomic E-state index is 12.1. The molecule has 0 unspecified atom stereocenters. The van der Waals surface area contributed by atoms with Gasteiger partial charge in [-0.2, -0.15) is 0 Å². The molecule has 7 nitrogen and oxygen atoms in total. The number of nitrogens with zero attached hydrogens (tertiary/aromatic N) is 5. The topological polar surface area (TPSA) is 71.5 Å². The van der Waals surface area contributed by atoms with Crippen molar-refractivity contribution in [1.82, 2.24) is 19.9 Å². The van der Waals surface area contributed by atoms with Crippen LogP contribution in [0.3, 0.4) is 0 Å². The van der Waals surface area contributed by atoms with Gasteiger partial charge in [-0.15, -0.1) is 0 Å². The third-order valence-corrected chi connectivity index (χ3v) is 5.13. The Balaban J connectivity index is 1.70. The molecule has 0 radical (unpaired) electrons. The van der Waals surface area contributed by atoms with Gasteiger partial charge in [0.2, 0.25) is 0 Å². The number of hydrogen-bond donors (Lipinski definition) is 0. The Labute approximate surface area is 166 Å². The molecule has 2 aromatic rings. The van der Waals surface area contributed by atoms with Crippen LogP contribution in [-0.2, 0) is 4.74 Å². The van der Waals surface area contributed by atoms with Crippen LogP contribution >= 0.6 is 34.8 Å². The Kier molecular flexibility index (Phi) is 5.07. The minimum absolute atomic E-state index is 0.155. The van der Waals surface area contributed by atoms with E-state index in [-0.39, 0.29) is 33.1 Å². The van der Waals surface area contributed by atoms with Gasteiger partial charge in [0, 0.05) is 12.6 Å². The molecule has 0 atom stereocenters. The molecule has 1 aliphatic rings. The minimum atomic E-state index is -0.360. The lowest BCUT2D eigenvalue weighted by Gasteiger charge is -2.41. The zero-order valence-corrected chi connectivity index (χ0v) is 17.0. The first-order chi connectivity index (χ1) is 12.1. The van der Waals surface area contributed by atoms with Gasteiger partial charge in [0.25, 0.3) is 0 Å². The highest BCUT2D eigenvalue weighted by molar-refractivity contribution is 6.41. The van der Waals surface area contributed by atoms with Crippen LogP contribution in [0, 0.1) is 0 Å². The highest BCUT2D eigenvalue weighted by atomic mass is 35.5. The molecule has 1 aliphatic heterocycles. The summed E-state index contributed by atoms with van der Waals surface area (Å²) in [7, 11) is 1.71. The smallest absolute Gasteiger partial charge is 0.410 e. The molecular weight excluding hydrogens is 401 g/mol. The first kappa shape index (κ1) is 19.2. The predicted molar refractivity (Wildman–Crippen MR) is 102 cm³/mol. The van der Waals surface area contributed by atoms with Crippen LogP contribution in [0.4, 0.5) is 10.6 Å². The molecule has 3 rings (SSSR count). The van der Waals surface area contributed by atoms with Crippen LogP contribution < -0.4 is 4.90 Å². The Hall–Kier alpha value is -1.57. The number of fused-ring (bicyclic) bond motifs is 1. The number of halogens is 3. The molecule has 0 saturated carbocycles. The number of amides is 1. The number of pyridine rings is 1. The molecule has 1 saturated heterocycles. The second-order valence-corrected chi connectivity index (χ2v) is 8.21.